The van der Waals surface area contributed by atoms with Gasteiger partial charge in [0.05, 0.1) is 20.2 Å². The van der Waals surface area contributed by atoms with Gasteiger partial charge in [-0.3, -0.25) is 4.79 Å². The molecule has 1 spiro atoms. The Morgan fingerprint density at radius 2 is 2.24 bits per heavy atom. The molecule has 0 bridgehead atoms. The van der Waals surface area contributed by atoms with E-state index in [1.807, 2.05) is 0 Å². The van der Waals surface area contributed by atoms with Gasteiger partial charge in [0, 0.05) is 23.0 Å². The van der Waals surface area contributed by atoms with Crippen molar-refractivity contribution < 1.29 is 23.5 Å². The molecule has 1 N–H and O–H groups in total. The van der Waals surface area contributed by atoms with Crippen LogP contribution in [0.15, 0.2) is 22.6 Å². The Bertz CT molecular complexity index is 864. The van der Waals surface area contributed by atoms with Crippen LogP contribution in [-0.2, 0) is 4.74 Å². The molecule has 3 heterocycles. The minimum Gasteiger partial charge on any atom is -0.493 e. The van der Waals surface area contributed by atoms with Crippen LogP contribution in [-0.4, -0.2) is 49.2 Å². The monoisotopic (exact) mass is 364 g/mol. The zero-order valence-corrected chi connectivity index (χ0v) is 14.4. The van der Waals surface area contributed by atoms with Crippen LogP contribution in [0, 0.1) is 0 Å². The normalized spacial score (nSPS) is 23.0. The minimum atomic E-state index is -0.641. The number of piperidine rings is 1. The van der Waals surface area contributed by atoms with Crippen LogP contribution >= 0.6 is 11.6 Å². The molecule has 25 heavy (non-hydrogen) atoms. The lowest BCUT2D eigenvalue weighted by Crippen LogP contribution is -2.52. The summed E-state index contributed by atoms with van der Waals surface area (Å²) in [5.41, 5.74) is -0.159. The predicted molar refractivity (Wildman–Crippen MR) is 90.1 cm³/mol. The number of nitrogens with one attached hydrogen (secondary N) is 1. The molecule has 0 saturated carbocycles. The van der Waals surface area contributed by atoms with E-state index < -0.39 is 11.7 Å². The molecule has 2 aromatic rings. The molecule has 1 aromatic carbocycles. The summed E-state index contributed by atoms with van der Waals surface area (Å²) < 4.78 is 16.4. The fourth-order valence-electron chi connectivity index (χ4n) is 3.50. The van der Waals surface area contributed by atoms with Crippen LogP contribution in [0.4, 0.5) is 4.79 Å². The van der Waals surface area contributed by atoms with Gasteiger partial charge < -0.3 is 24.1 Å². The van der Waals surface area contributed by atoms with Crippen LogP contribution in [0.2, 0.25) is 5.02 Å². The zero-order chi connectivity index (χ0) is 17.6. The van der Waals surface area contributed by atoms with E-state index in [0.717, 1.165) is 12.8 Å². The standard InChI is InChI=1S/C17H17ClN2O5/c1-23-12-7-11(18)5-10-6-13(24-14(10)12)15(21)20-4-2-3-17(9-20)8-19-16(22)25-17/h5-7H,2-4,8-9H2,1H3,(H,19,22)/t17-/m1/s1. The number of alkyl carbamates (subject to hydrolysis) is 1. The highest BCUT2D eigenvalue weighted by molar-refractivity contribution is 6.31. The Kier molecular flexibility index (Phi) is 3.76. The third-order valence-corrected chi connectivity index (χ3v) is 4.89. The van der Waals surface area contributed by atoms with Crippen molar-refractivity contribution in [2.24, 2.45) is 0 Å². The summed E-state index contributed by atoms with van der Waals surface area (Å²) in [6.07, 6.45) is 1.06. The minimum absolute atomic E-state index is 0.213. The number of carbonyl (C=O) groups is 2. The maximum Gasteiger partial charge on any atom is 0.407 e. The lowest BCUT2D eigenvalue weighted by molar-refractivity contribution is -0.00596. The number of carbonyl (C=O) groups excluding carboxylic acids is 2. The highest BCUT2D eigenvalue weighted by Gasteiger charge is 2.45. The van der Waals surface area contributed by atoms with Gasteiger partial charge in [-0.05, 0) is 25.0 Å². The summed E-state index contributed by atoms with van der Waals surface area (Å²) in [7, 11) is 1.52. The van der Waals surface area contributed by atoms with Crippen LogP contribution in [0.5, 0.6) is 5.75 Å². The number of benzene rings is 1. The number of hydrogen-bond acceptors (Lipinski definition) is 5. The van der Waals surface area contributed by atoms with E-state index >= 15 is 0 Å². The molecule has 7 nitrogen and oxygen atoms in total. The summed E-state index contributed by atoms with van der Waals surface area (Å²) >= 11 is 6.06. The summed E-state index contributed by atoms with van der Waals surface area (Å²) in [6.45, 7) is 1.35. The number of fused-ring (bicyclic) bond motifs is 1. The van der Waals surface area contributed by atoms with E-state index in [9.17, 15) is 9.59 Å². The fourth-order valence-corrected chi connectivity index (χ4v) is 3.72. The number of furan rings is 1. The van der Waals surface area contributed by atoms with E-state index in [-0.39, 0.29) is 11.7 Å². The molecule has 132 valence electrons. The van der Waals surface area contributed by atoms with Gasteiger partial charge in [0.2, 0.25) is 0 Å². The molecule has 2 fully saturated rings. The zero-order valence-electron chi connectivity index (χ0n) is 13.6. The third-order valence-electron chi connectivity index (χ3n) is 4.67. The van der Waals surface area contributed by atoms with E-state index in [0.29, 0.717) is 41.4 Å². The average Bonchev–Trinajstić information content (AvgIpc) is 3.17. The second kappa shape index (κ2) is 5.84. The maximum atomic E-state index is 12.9. The lowest BCUT2D eigenvalue weighted by atomic mass is 9.93. The number of likely N-dealkylation sites (tertiary alicyclic amines) is 1. The Labute approximate surface area is 148 Å². The Balaban J connectivity index is 1.62. The fraction of sp³-hybridized carbons (Fsp3) is 0.412. The number of ether oxygens (including phenoxy) is 2. The van der Waals surface area contributed by atoms with E-state index in [1.54, 1.807) is 23.1 Å². The molecular weight excluding hydrogens is 348 g/mol. The van der Waals surface area contributed by atoms with Gasteiger partial charge in [-0.15, -0.1) is 0 Å². The van der Waals surface area contributed by atoms with Gasteiger partial charge >= 0.3 is 6.09 Å². The second-order valence-electron chi connectivity index (χ2n) is 6.39. The predicted octanol–water partition coefficient (Wildman–Crippen LogP) is 2.81. The first kappa shape index (κ1) is 16.1. The first-order valence-corrected chi connectivity index (χ1v) is 8.41. The van der Waals surface area contributed by atoms with Crippen molar-refractivity contribution in [3.05, 3.63) is 29.0 Å². The number of methoxy groups -OCH3 is 1. The quantitative estimate of drug-likeness (QED) is 0.886. The average molecular weight is 365 g/mol. The van der Waals surface area contributed by atoms with Crippen molar-refractivity contribution in [3.8, 4) is 5.75 Å². The highest BCUT2D eigenvalue weighted by atomic mass is 35.5. The van der Waals surface area contributed by atoms with E-state index in [2.05, 4.69) is 5.32 Å². The third kappa shape index (κ3) is 2.78. The van der Waals surface area contributed by atoms with E-state index in [4.69, 9.17) is 25.5 Å². The molecular formula is C17H17ClN2O5. The molecule has 2 aliphatic heterocycles. The molecule has 2 amide bonds. The number of halogens is 1. The molecule has 1 aromatic heterocycles. The maximum absolute atomic E-state index is 12.9. The Morgan fingerprint density at radius 1 is 1.40 bits per heavy atom. The van der Waals surface area contributed by atoms with Crippen molar-refractivity contribution in [2.75, 3.05) is 26.7 Å². The molecule has 2 aliphatic rings. The van der Waals surface area contributed by atoms with E-state index in [1.165, 1.54) is 7.11 Å². The summed E-state index contributed by atoms with van der Waals surface area (Å²) in [6, 6.07) is 5.02. The molecule has 8 heteroatoms. The summed E-state index contributed by atoms with van der Waals surface area (Å²) in [5, 5.41) is 3.88. The number of rotatable bonds is 2. The van der Waals surface area contributed by atoms with Crippen LogP contribution in [0.1, 0.15) is 23.4 Å². The topological polar surface area (TPSA) is 81.0 Å². The molecule has 4 rings (SSSR count). The van der Waals surface area contributed by atoms with Crippen LogP contribution in [0.3, 0.4) is 0 Å². The largest absolute Gasteiger partial charge is 0.493 e. The van der Waals surface area contributed by atoms with Gasteiger partial charge in [-0.2, -0.15) is 0 Å². The first-order valence-electron chi connectivity index (χ1n) is 8.03. The number of nitrogens with zero attached hydrogens (tertiary/aromatic N) is 1. The van der Waals surface area contributed by atoms with Crippen molar-refractivity contribution in [3.63, 3.8) is 0 Å². The Hall–Kier alpha value is -2.41. The van der Waals surface area contributed by atoms with Gasteiger partial charge in [0.1, 0.15) is 5.60 Å². The molecule has 1 atom stereocenters. The van der Waals surface area contributed by atoms with Gasteiger partial charge in [-0.1, -0.05) is 11.6 Å². The first-order chi connectivity index (χ1) is 12.0. The van der Waals surface area contributed by atoms with Crippen molar-refractivity contribution in [1.82, 2.24) is 10.2 Å². The van der Waals surface area contributed by atoms with Gasteiger partial charge in [0.15, 0.2) is 17.1 Å². The molecule has 0 aliphatic carbocycles. The van der Waals surface area contributed by atoms with Crippen molar-refractivity contribution in [1.29, 1.82) is 0 Å². The van der Waals surface area contributed by atoms with Gasteiger partial charge in [0.25, 0.3) is 5.91 Å². The number of amides is 2. The van der Waals surface area contributed by atoms with Gasteiger partial charge in [-0.25, -0.2) is 4.79 Å². The second-order valence-corrected chi connectivity index (χ2v) is 6.83. The summed E-state index contributed by atoms with van der Waals surface area (Å²) in [5.74, 6) is 0.451. The molecule has 0 radical (unpaired) electrons. The van der Waals surface area contributed by atoms with Crippen LogP contribution < -0.4 is 10.1 Å². The molecule has 2 saturated heterocycles. The molecule has 0 unspecified atom stereocenters. The number of hydrogen-bond donors (Lipinski definition) is 1. The Morgan fingerprint density at radius 3 is 2.96 bits per heavy atom. The summed E-state index contributed by atoms with van der Waals surface area (Å²) in [4.78, 5) is 25.9. The van der Waals surface area contributed by atoms with Crippen LogP contribution in [0.25, 0.3) is 11.0 Å². The SMILES string of the molecule is COc1cc(Cl)cc2cc(C(=O)N3CCC[C@@]4(CNC(=O)O4)C3)oc12. The highest BCUT2D eigenvalue weighted by Crippen LogP contribution is 2.34. The smallest absolute Gasteiger partial charge is 0.407 e. The van der Waals surface area contributed by atoms with Crippen molar-refractivity contribution in [2.45, 2.75) is 18.4 Å². The van der Waals surface area contributed by atoms with Crippen molar-refractivity contribution >= 4 is 34.6 Å². The lowest BCUT2D eigenvalue weighted by Gasteiger charge is -2.37.